The molecule has 0 saturated heterocycles. The van der Waals surface area contributed by atoms with Gasteiger partial charge in [-0.3, -0.25) is 0 Å². The van der Waals surface area contributed by atoms with Crippen LogP contribution in [0.25, 0.3) is 32.0 Å². The van der Waals surface area contributed by atoms with Gasteiger partial charge in [0.05, 0.1) is 17.1 Å². The van der Waals surface area contributed by atoms with Crippen LogP contribution < -0.4 is 30.4 Å². The van der Waals surface area contributed by atoms with E-state index in [9.17, 15) is 0 Å². The molecule has 10 aromatic rings. The van der Waals surface area contributed by atoms with Crippen molar-refractivity contribution in [2.45, 2.75) is 129 Å². The average molecular weight is 1010 g/mol. The highest BCUT2D eigenvalue weighted by Gasteiger charge is 2.49. The predicted molar refractivity (Wildman–Crippen MR) is 327 cm³/mol. The number of anilines is 9. The number of nitrogens with zero attached hydrogens (tertiary/aromatic N) is 3. The lowest BCUT2D eigenvalue weighted by Gasteiger charge is -2.47. The third-order valence-corrected chi connectivity index (χ3v) is 19.7. The minimum atomic E-state index is -0.0521. The largest absolute Gasteiger partial charge is 0.454 e. The van der Waals surface area contributed by atoms with Gasteiger partial charge in [-0.15, -0.1) is 11.3 Å². The molecule has 0 spiro atoms. The van der Waals surface area contributed by atoms with Crippen molar-refractivity contribution in [2.24, 2.45) is 0 Å². The summed E-state index contributed by atoms with van der Waals surface area (Å²) in [4.78, 5) is 7.76. The number of rotatable bonds is 5. The Bertz CT molecular complexity index is 3960. The standard InChI is InChI=1S/C70H68BN3OS/c1-66(2,3)43-29-31-46(32-30-43)73-58-37-47(72(44-21-14-12-15-22-44)45-23-16-13-17-24-45)38-59-62(58)71(65-63(73)50-39-51-54(42-61(50)76-65)70(10,11)36-33-67(51,4)5)55-40-52-53(69(8,9)35-34-68(52,6)7)41-57(55)74(59)56-27-20-26-49-48-25-18-19-28-60(48)75-64(49)56/h12-32,37-42H,33-36H2,1-11H3. The Morgan fingerprint density at radius 1 is 0.487 bits per heavy atom. The highest BCUT2D eigenvalue weighted by Crippen LogP contribution is 2.56. The number of hydrogen-bond acceptors (Lipinski definition) is 5. The van der Waals surface area contributed by atoms with Gasteiger partial charge in [0.15, 0.2) is 5.58 Å². The van der Waals surface area contributed by atoms with Gasteiger partial charge in [-0.2, -0.15) is 0 Å². The molecule has 0 amide bonds. The van der Waals surface area contributed by atoms with E-state index >= 15 is 0 Å². The van der Waals surface area contributed by atoms with E-state index in [1.165, 1.54) is 88.5 Å². The summed E-state index contributed by atoms with van der Waals surface area (Å²) in [5.74, 6) is 0. The number of thiophene rings is 1. The molecule has 0 N–H and O–H groups in total. The molecule has 0 fully saturated rings. The highest BCUT2D eigenvalue weighted by atomic mass is 32.1. The van der Waals surface area contributed by atoms with Crippen molar-refractivity contribution in [2.75, 3.05) is 14.7 Å². The Kier molecular flexibility index (Phi) is 10.1. The smallest absolute Gasteiger partial charge is 0.264 e. The zero-order valence-electron chi connectivity index (χ0n) is 46.2. The fourth-order valence-corrected chi connectivity index (χ4v) is 15.2. The van der Waals surface area contributed by atoms with Crippen LogP contribution in [0, 0.1) is 0 Å². The van der Waals surface area contributed by atoms with Gasteiger partial charge in [-0.05, 0) is 170 Å². The molecule has 8 aromatic carbocycles. The van der Waals surface area contributed by atoms with E-state index < -0.39 is 0 Å². The topological polar surface area (TPSA) is 22.9 Å². The van der Waals surface area contributed by atoms with Crippen LogP contribution in [0.15, 0.2) is 168 Å². The van der Waals surface area contributed by atoms with Crippen LogP contribution in [0.2, 0.25) is 0 Å². The molecule has 76 heavy (non-hydrogen) atoms. The first-order valence-corrected chi connectivity index (χ1v) is 28.6. The van der Waals surface area contributed by atoms with Gasteiger partial charge in [0.2, 0.25) is 0 Å². The molecule has 4 heterocycles. The van der Waals surface area contributed by atoms with Crippen LogP contribution >= 0.6 is 11.3 Å². The van der Waals surface area contributed by atoms with E-state index in [4.69, 9.17) is 4.42 Å². The molecule has 4 nitrogen and oxygen atoms in total. The maximum Gasteiger partial charge on any atom is 0.264 e. The molecule has 2 aliphatic heterocycles. The monoisotopic (exact) mass is 1010 g/mol. The van der Waals surface area contributed by atoms with Crippen molar-refractivity contribution < 1.29 is 4.42 Å². The fourth-order valence-electron chi connectivity index (χ4n) is 13.9. The third-order valence-electron chi connectivity index (χ3n) is 18.5. The van der Waals surface area contributed by atoms with Crippen LogP contribution in [0.3, 0.4) is 0 Å². The summed E-state index contributed by atoms with van der Waals surface area (Å²) in [7, 11) is 0. The Balaban J connectivity index is 1.17. The summed E-state index contributed by atoms with van der Waals surface area (Å²) < 4.78 is 9.89. The summed E-state index contributed by atoms with van der Waals surface area (Å²) in [6, 6.07) is 62.4. The molecule has 0 bridgehead atoms. The summed E-state index contributed by atoms with van der Waals surface area (Å²) in [5.41, 5.74) is 22.3. The molecule has 2 aliphatic carbocycles. The first-order valence-electron chi connectivity index (χ1n) is 27.8. The maximum atomic E-state index is 7.11. The van der Waals surface area contributed by atoms with Crippen molar-refractivity contribution in [3.63, 3.8) is 0 Å². The first kappa shape index (κ1) is 47.4. The summed E-state index contributed by atoms with van der Waals surface area (Å²) >= 11 is 2.04. The van der Waals surface area contributed by atoms with Gasteiger partial charge in [0.1, 0.15) is 5.58 Å². The second-order valence-corrected chi connectivity index (χ2v) is 27.3. The molecule has 0 atom stereocenters. The van der Waals surface area contributed by atoms with Crippen molar-refractivity contribution in [1.82, 2.24) is 0 Å². The molecular formula is C70H68BN3OS. The third kappa shape index (κ3) is 7.01. The zero-order chi connectivity index (χ0) is 52.4. The van der Waals surface area contributed by atoms with Crippen LogP contribution in [0.4, 0.5) is 51.2 Å². The summed E-state index contributed by atoms with van der Waals surface area (Å²) in [6.45, 7) is 26.7. The zero-order valence-corrected chi connectivity index (χ0v) is 47.0. The lowest BCUT2D eigenvalue weighted by atomic mass is 9.35. The lowest BCUT2D eigenvalue weighted by Crippen LogP contribution is -2.61. The Morgan fingerprint density at radius 2 is 1.03 bits per heavy atom. The number of furan rings is 1. The fraction of sp³-hybridized carbons (Fsp3) is 0.286. The number of hydrogen-bond donors (Lipinski definition) is 0. The molecule has 0 unspecified atom stereocenters. The molecule has 6 heteroatoms. The van der Waals surface area contributed by atoms with E-state index in [0.29, 0.717) is 0 Å². The van der Waals surface area contributed by atoms with Crippen molar-refractivity contribution in [3.8, 4) is 0 Å². The quantitative estimate of drug-likeness (QED) is 0.160. The van der Waals surface area contributed by atoms with Gasteiger partial charge >= 0.3 is 0 Å². The Morgan fingerprint density at radius 3 is 1.64 bits per heavy atom. The van der Waals surface area contributed by atoms with E-state index in [1.807, 2.05) is 11.3 Å². The van der Waals surface area contributed by atoms with Gasteiger partial charge in [0, 0.05) is 59.8 Å². The van der Waals surface area contributed by atoms with Gasteiger partial charge in [0.25, 0.3) is 6.71 Å². The number of benzene rings is 8. The first-order chi connectivity index (χ1) is 36.3. The van der Waals surface area contributed by atoms with Crippen LogP contribution in [0.5, 0.6) is 0 Å². The highest BCUT2D eigenvalue weighted by molar-refractivity contribution is 7.33. The van der Waals surface area contributed by atoms with Gasteiger partial charge in [-0.25, -0.2) is 0 Å². The maximum absolute atomic E-state index is 7.11. The van der Waals surface area contributed by atoms with Crippen molar-refractivity contribution in [3.05, 3.63) is 192 Å². The minimum Gasteiger partial charge on any atom is -0.454 e. The number of fused-ring (bicyclic) bond motifs is 11. The van der Waals surface area contributed by atoms with Gasteiger partial charge in [-0.1, -0.05) is 161 Å². The molecule has 2 aromatic heterocycles. The van der Waals surface area contributed by atoms with Gasteiger partial charge < -0.3 is 19.1 Å². The molecular weight excluding hydrogens is 942 g/mol. The molecule has 14 rings (SSSR count). The second-order valence-electron chi connectivity index (χ2n) is 26.3. The Hall–Kier alpha value is -7.02. The van der Waals surface area contributed by atoms with E-state index in [-0.39, 0.29) is 33.8 Å². The lowest BCUT2D eigenvalue weighted by molar-refractivity contribution is 0.332. The van der Waals surface area contributed by atoms with E-state index in [0.717, 1.165) is 64.0 Å². The predicted octanol–water partition coefficient (Wildman–Crippen LogP) is 18.3. The minimum absolute atomic E-state index is 0.00245. The van der Waals surface area contributed by atoms with Crippen molar-refractivity contribution in [1.29, 1.82) is 0 Å². The molecule has 0 radical (unpaired) electrons. The van der Waals surface area contributed by atoms with Crippen LogP contribution in [-0.2, 0) is 27.1 Å². The average Bonchev–Trinajstić information content (AvgIpc) is 4.15. The molecule has 0 saturated carbocycles. The summed E-state index contributed by atoms with van der Waals surface area (Å²) in [5, 5.41) is 3.60. The van der Waals surface area contributed by atoms with E-state index in [2.05, 4.69) is 255 Å². The summed E-state index contributed by atoms with van der Waals surface area (Å²) in [6.07, 6.45) is 4.60. The van der Waals surface area contributed by atoms with Crippen molar-refractivity contribution >= 4 is 117 Å². The molecule has 378 valence electrons. The number of para-hydroxylation sites is 4. The second kappa shape index (κ2) is 16.3. The molecule has 4 aliphatic rings. The van der Waals surface area contributed by atoms with Crippen LogP contribution in [0.1, 0.15) is 130 Å². The normalized spacial score (nSPS) is 17.5. The Labute approximate surface area is 454 Å². The van der Waals surface area contributed by atoms with E-state index in [1.54, 1.807) is 0 Å². The SMILES string of the molecule is CC(C)(C)c1ccc(N2c3cc(N(c4ccccc4)c4ccccc4)cc4c3B(c3cc5c(cc3N4c3cccc4c3oc3ccccc34)C(C)(C)CCC5(C)C)c3sc4cc5c(cc4c32)C(C)(C)CCC5(C)C)cc1. The van der Waals surface area contributed by atoms with Crippen LogP contribution in [-0.4, -0.2) is 6.71 Å².